The van der Waals surface area contributed by atoms with Crippen LogP contribution in [0.15, 0.2) is 12.1 Å². The lowest BCUT2D eigenvalue weighted by Gasteiger charge is -2.20. The Labute approximate surface area is 117 Å². The van der Waals surface area contributed by atoms with Gasteiger partial charge in [-0.3, -0.25) is 4.79 Å². The zero-order valence-corrected chi connectivity index (χ0v) is 11.2. The number of hydrazine groups is 1. The van der Waals surface area contributed by atoms with E-state index in [2.05, 4.69) is 5.43 Å². The van der Waals surface area contributed by atoms with Crippen LogP contribution in [-0.4, -0.2) is 18.6 Å². The van der Waals surface area contributed by atoms with Crippen molar-refractivity contribution in [2.75, 3.05) is 11.6 Å². The highest BCUT2D eigenvalue weighted by atomic mass is 35.5. The molecule has 3 nitrogen and oxygen atoms in total. The van der Waals surface area contributed by atoms with E-state index in [1.54, 1.807) is 6.92 Å². The third kappa shape index (κ3) is 2.66. The van der Waals surface area contributed by atoms with E-state index in [9.17, 15) is 18.0 Å². The van der Waals surface area contributed by atoms with Crippen LogP contribution in [0.1, 0.15) is 5.56 Å². The van der Waals surface area contributed by atoms with E-state index in [0.29, 0.717) is 10.6 Å². The van der Waals surface area contributed by atoms with Crippen LogP contribution in [-0.2, 0) is 4.79 Å². The summed E-state index contributed by atoms with van der Waals surface area (Å²) in [5.41, 5.74) is 3.13. The summed E-state index contributed by atoms with van der Waals surface area (Å²) in [5.74, 6) is -3.13. The minimum Gasteiger partial charge on any atom is -0.272 e. The van der Waals surface area contributed by atoms with Gasteiger partial charge in [-0.05, 0) is 24.6 Å². The fourth-order valence-corrected chi connectivity index (χ4v) is 2.61. The zero-order valence-electron chi connectivity index (χ0n) is 9.68. The number of nitrogens with zero attached hydrogens (tertiary/aromatic N) is 1. The summed E-state index contributed by atoms with van der Waals surface area (Å²) in [6.07, 6.45) is -4.58. The molecule has 1 heterocycles. The van der Waals surface area contributed by atoms with Crippen molar-refractivity contribution in [3.05, 3.63) is 27.7 Å². The second kappa shape index (κ2) is 4.85. The van der Waals surface area contributed by atoms with E-state index in [0.717, 1.165) is 5.01 Å². The average molecular weight is 313 g/mol. The van der Waals surface area contributed by atoms with Crippen molar-refractivity contribution in [2.24, 2.45) is 5.92 Å². The van der Waals surface area contributed by atoms with E-state index in [4.69, 9.17) is 23.2 Å². The number of hydrogen-bond acceptors (Lipinski definition) is 2. The highest BCUT2D eigenvalue weighted by Crippen LogP contribution is 2.37. The summed E-state index contributed by atoms with van der Waals surface area (Å²) < 4.78 is 37.9. The van der Waals surface area contributed by atoms with Crippen molar-refractivity contribution in [1.82, 2.24) is 5.43 Å². The first-order valence-corrected chi connectivity index (χ1v) is 6.07. The molecule has 0 spiro atoms. The second-order valence-electron chi connectivity index (χ2n) is 4.18. The SMILES string of the molecule is Cc1cc(Cl)cc(Cl)c1N1NCC(C(F)(F)F)C1=O. The Morgan fingerprint density at radius 1 is 1.37 bits per heavy atom. The van der Waals surface area contributed by atoms with Gasteiger partial charge in [0.2, 0.25) is 0 Å². The predicted molar refractivity (Wildman–Crippen MR) is 66.2 cm³/mol. The molecule has 0 aromatic heterocycles. The van der Waals surface area contributed by atoms with Gasteiger partial charge in [-0.25, -0.2) is 10.4 Å². The summed E-state index contributed by atoms with van der Waals surface area (Å²) in [7, 11) is 0. The fourth-order valence-electron chi connectivity index (χ4n) is 1.93. The van der Waals surface area contributed by atoms with Gasteiger partial charge in [0, 0.05) is 11.6 Å². The molecule has 1 aliphatic heterocycles. The molecule has 19 heavy (non-hydrogen) atoms. The molecule has 1 unspecified atom stereocenters. The van der Waals surface area contributed by atoms with Crippen molar-refractivity contribution in [2.45, 2.75) is 13.1 Å². The Morgan fingerprint density at radius 2 is 2.00 bits per heavy atom. The topological polar surface area (TPSA) is 32.3 Å². The molecule has 0 saturated carbocycles. The van der Waals surface area contributed by atoms with Gasteiger partial charge in [-0.15, -0.1) is 0 Å². The summed E-state index contributed by atoms with van der Waals surface area (Å²) >= 11 is 11.7. The number of carbonyl (C=O) groups is 1. The minimum absolute atomic E-state index is 0.119. The Balaban J connectivity index is 2.38. The number of aryl methyl sites for hydroxylation is 1. The number of halogens is 5. The van der Waals surface area contributed by atoms with Crippen LogP contribution in [0.5, 0.6) is 0 Å². The first kappa shape index (κ1) is 14.4. The first-order valence-electron chi connectivity index (χ1n) is 5.31. The van der Waals surface area contributed by atoms with Gasteiger partial charge in [0.25, 0.3) is 5.91 Å². The number of rotatable bonds is 1. The van der Waals surface area contributed by atoms with E-state index in [1.165, 1.54) is 12.1 Å². The molecule has 1 N–H and O–H groups in total. The standard InChI is InChI=1S/C11H9Cl2F3N2O/c1-5-2-6(12)3-8(13)9(5)18-10(19)7(4-17-18)11(14,15)16/h2-3,7,17H,4H2,1H3. The Hall–Kier alpha value is -0.980. The Morgan fingerprint density at radius 3 is 2.47 bits per heavy atom. The molecule has 8 heteroatoms. The van der Waals surface area contributed by atoms with Crippen molar-refractivity contribution in [1.29, 1.82) is 0 Å². The first-order chi connectivity index (χ1) is 8.71. The second-order valence-corrected chi connectivity index (χ2v) is 5.03. The summed E-state index contributed by atoms with van der Waals surface area (Å²) in [5, 5.41) is 1.31. The van der Waals surface area contributed by atoms with E-state index in [-0.39, 0.29) is 10.7 Å². The number of anilines is 1. The average Bonchev–Trinajstić information content (AvgIpc) is 2.58. The van der Waals surface area contributed by atoms with E-state index >= 15 is 0 Å². The molecule has 1 aliphatic rings. The van der Waals surface area contributed by atoms with Crippen molar-refractivity contribution < 1.29 is 18.0 Å². The molecule has 104 valence electrons. The molecule has 0 aliphatic carbocycles. The molecule has 2 rings (SSSR count). The Kier molecular flexibility index (Phi) is 3.68. The molecular formula is C11H9Cl2F3N2O. The van der Waals surface area contributed by atoms with Crippen molar-refractivity contribution in [3.8, 4) is 0 Å². The van der Waals surface area contributed by atoms with E-state index in [1.807, 2.05) is 0 Å². The number of benzene rings is 1. The molecule has 1 atom stereocenters. The van der Waals surface area contributed by atoms with Gasteiger partial charge >= 0.3 is 6.18 Å². The largest absolute Gasteiger partial charge is 0.401 e. The molecular weight excluding hydrogens is 304 g/mol. The molecule has 1 fully saturated rings. The predicted octanol–water partition coefficient (Wildman–Crippen LogP) is 3.33. The highest BCUT2D eigenvalue weighted by Gasteiger charge is 2.51. The van der Waals surface area contributed by atoms with Gasteiger partial charge in [0.1, 0.15) is 5.92 Å². The van der Waals surface area contributed by atoms with Crippen LogP contribution in [0.3, 0.4) is 0 Å². The van der Waals surface area contributed by atoms with Crippen molar-refractivity contribution in [3.63, 3.8) is 0 Å². The quantitative estimate of drug-likeness (QED) is 0.862. The van der Waals surface area contributed by atoms with E-state index < -0.39 is 24.5 Å². The number of amides is 1. The summed E-state index contributed by atoms with van der Waals surface area (Å²) in [6.45, 7) is 1.11. The summed E-state index contributed by atoms with van der Waals surface area (Å²) in [6, 6.07) is 2.90. The highest BCUT2D eigenvalue weighted by molar-refractivity contribution is 6.37. The molecule has 1 aromatic carbocycles. The molecule has 1 aromatic rings. The monoisotopic (exact) mass is 312 g/mol. The van der Waals surface area contributed by atoms with Crippen LogP contribution in [0.4, 0.5) is 18.9 Å². The van der Waals surface area contributed by atoms with Gasteiger partial charge in [-0.1, -0.05) is 23.2 Å². The van der Waals surface area contributed by atoms with Crippen LogP contribution >= 0.6 is 23.2 Å². The maximum atomic E-state index is 12.6. The number of alkyl halides is 3. The third-order valence-corrected chi connectivity index (χ3v) is 3.32. The van der Waals surface area contributed by atoms with Crippen LogP contribution in [0.2, 0.25) is 10.0 Å². The number of nitrogens with one attached hydrogen (secondary N) is 1. The normalized spacial score (nSPS) is 20.2. The van der Waals surface area contributed by atoms with Crippen LogP contribution in [0.25, 0.3) is 0 Å². The molecule has 0 bridgehead atoms. The lowest BCUT2D eigenvalue weighted by atomic mass is 10.1. The maximum Gasteiger partial charge on any atom is 0.401 e. The Bertz CT molecular complexity index is 510. The fraction of sp³-hybridized carbons (Fsp3) is 0.364. The van der Waals surface area contributed by atoms with Crippen molar-refractivity contribution >= 4 is 34.8 Å². The maximum absolute atomic E-state index is 12.6. The number of carbonyl (C=O) groups excluding carboxylic acids is 1. The number of hydrogen-bond donors (Lipinski definition) is 1. The van der Waals surface area contributed by atoms with Gasteiger partial charge in [0.05, 0.1) is 10.7 Å². The lowest BCUT2D eigenvalue weighted by molar-refractivity contribution is -0.174. The summed E-state index contributed by atoms with van der Waals surface area (Å²) in [4.78, 5) is 11.8. The zero-order chi connectivity index (χ0) is 14.4. The minimum atomic E-state index is -4.58. The van der Waals surface area contributed by atoms with Crippen LogP contribution in [0, 0.1) is 12.8 Å². The lowest BCUT2D eigenvalue weighted by Crippen LogP contribution is -2.37. The smallest absolute Gasteiger partial charge is 0.272 e. The van der Waals surface area contributed by atoms with Gasteiger partial charge in [-0.2, -0.15) is 13.2 Å². The third-order valence-electron chi connectivity index (χ3n) is 2.81. The molecule has 1 saturated heterocycles. The van der Waals surface area contributed by atoms with Gasteiger partial charge in [0.15, 0.2) is 0 Å². The van der Waals surface area contributed by atoms with Gasteiger partial charge < -0.3 is 0 Å². The molecule has 1 amide bonds. The van der Waals surface area contributed by atoms with Crippen LogP contribution < -0.4 is 10.4 Å². The molecule has 0 radical (unpaired) electrons.